The molecule has 0 saturated heterocycles. The van der Waals surface area contributed by atoms with Gasteiger partial charge in [-0.15, -0.1) is 0 Å². The van der Waals surface area contributed by atoms with E-state index in [1.54, 1.807) is 7.11 Å². The molecule has 4 rings (SSSR count). The highest BCUT2D eigenvalue weighted by atomic mass is 35.5. The molecule has 1 aliphatic heterocycles. The zero-order valence-corrected chi connectivity index (χ0v) is 15.1. The lowest BCUT2D eigenvalue weighted by Crippen LogP contribution is -2.36. The summed E-state index contributed by atoms with van der Waals surface area (Å²) in [5, 5.41) is 8.00. The number of aromatic nitrogens is 3. The number of hydrogen-bond acceptors (Lipinski definition) is 6. The predicted molar refractivity (Wildman–Crippen MR) is 102 cm³/mol. The van der Waals surface area contributed by atoms with Crippen LogP contribution in [0.3, 0.4) is 0 Å². The number of H-pyrrole nitrogens is 1. The molecule has 3 aromatic rings. The number of methoxy groups -OCH3 is 1. The number of aromatic amines is 1. The molecule has 3 heterocycles. The Morgan fingerprint density at radius 1 is 1.35 bits per heavy atom. The minimum Gasteiger partial charge on any atom is -0.484 e. The molecule has 0 aliphatic carbocycles. The molecule has 0 bridgehead atoms. The highest BCUT2D eigenvalue weighted by Crippen LogP contribution is 2.34. The molecule has 0 saturated carbocycles. The average Bonchev–Trinajstić information content (AvgIpc) is 3.05. The van der Waals surface area contributed by atoms with Crippen molar-refractivity contribution in [2.45, 2.75) is 12.5 Å². The smallest absolute Gasteiger partial charge is 0.226 e. The van der Waals surface area contributed by atoms with Crippen LogP contribution in [0.25, 0.3) is 10.9 Å². The van der Waals surface area contributed by atoms with E-state index in [1.807, 2.05) is 18.3 Å². The van der Waals surface area contributed by atoms with E-state index < -0.39 is 0 Å². The SMILES string of the molecule is COCC1COc2c(NCCc3c[nH]c4ccccc34)nc(Cl)nc2N1. The summed E-state index contributed by atoms with van der Waals surface area (Å²) < 4.78 is 11.0. The van der Waals surface area contributed by atoms with Gasteiger partial charge >= 0.3 is 0 Å². The van der Waals surface area contributed by atoms with Crippen molar-refractivity contribution in [3.8, 4) is 5.75 Å². The lowest BCUT2D eigenvalue weighted by Gasteiger charge is -2.27. The van der Waals surface area contributed by atoms with E-state index in [1.165, 1.54) is 10.9 Å². The second-order valence-electron chi connectivity index (χ2n) is 6.16. The number of fused-ring (bicyclic) bond motifs is 2. The number of benzene rings is 1. The van der Waals surface area contributed by atoms with Gasteiger partial charge in [-0.3, -0.25) is 0 Å². The van der Waals surface area contributed by atoms with Crippen molar-refractivity contribution >= 4 is 34.1 Å². The molecule has 2 aromatic heterocycles. The molecule has 1 aromatic carbocycles. The van der Waals surface area contributed by atoms with Gasteiger partial charge in [0.25, 0.3) is 0 Å². The highest BCUT2D eigenvalue weighted by molar-refractivity contribution is 6.28. The molecule has 7 nitrogen and oxygen atoms in total. The molecule has 0 amide bonds. The summed E-state index contributed by atoms with van der Waals surface area (Å²) in [5.74, 6) is 1.79. The fourth-order valence-corrected chi connectivity index (χ4v) is 3.31. The predicted octanol–water partition coefficient (Wildman–Crippen LogP) is 3.09. The number of halogens is 1. The van der Waals surface area contributed by atoms with E-state index in [9.17, 15) is 0 Å². The van der Waals surface area contributed by atoms with Crippen LogP contribution in [0, 0.1) is 0 Å². The second kappa shape index (κ2) is 7.39. The van der Waals surface area contributed by atoms with Crippen molar-refractivity contribution < 1.29 is 9.47 Å². The maximum absolute atomic E-state index is 6.07. The third-order valence-electron chi connectivity index (χ3n) is 4.34. The third-order valence-corrected chi connectivity index (χ3v) is 4.51. The summed E-state index contributed by atoms with van der Waals surface area (Å²) in [6.45, 7) is 1.72. The number of anilines is 2. The van der Waals surface area contributed by atoms with E-state index in [-0.39, 0.29) is 11.3 Å². The van der Waals surface area contributed by atoms with Gasteiger partial charge in [0.1, 0.15) is 6.61 Å². The maximum Gasteiger partial charge on any atom is 0.226 e. The number of nitrogens with one attached hydrogen (secondary N) is 3. The quantitative estimate of drug-likeness (QED) is 0.576. The van der Waals surface area contributed by atoms with Gasteiger partial charge in [-0.2, -0.15) is 9.97 Å². The van der Waals surface area contributed by atoms with Crippen LogP contribution in [0.4, 0.5) is 11.6 Å². The minimum absolute atomic E-state index is 0.0394. The van der Waals surface area contributed by atoms with Crippen LogP contribution in [-0.4, -0.2) is 47.9 Å². The Balaban J connectivity index is 1.47. The summed E-state index contributed by atoms with van der Waals surface area (Å²) in [6.07, 6.45) is 2.89. The van der Waals surface area contributed by atoms with Gasteiger partial charge < -0.3 is 25.1 Å². The number of hydrogen-bond donors (Lipinski definition) is 3. The normalized spacial score (nSPS) is 16.0. The lowest BCUT2D eigenvalue weighted by molar-refractivity contribution is 0.154. The third kappa shape index (κ3) is 3.40. The second-order valence-corrected chi connectivity index (χ2v) is 6.50. The Labute approximate surface area is 156 Å². The van der Waals surface area contributed by atoms with E-state index in [4.69, 9.17) is 21.1 Å². The standard InChI is InChI=1S/C18H20ClN5O2/c1-25-9-12-10-26-15-16(23-18(19)24-17(15)22-12)20-7-6-11-8-21-14-5-3-2-4-13(11)14/h2-5,8,12,21H,6-7,9-10H2,1H3,(H2,20,22,23,24). The van der Waals surface area contributed by atoms with Gasteiger partial charge in [-0.05, 0) is 29.7 Å². The van der Waals surface area contributed by atoms with E-state index >= 15 is 0 Å². The Morgan fingerprint density at radius 3 is 3.12 bits per heavy atom. The summed E-state index contributed by atoms with van der Waals surface area (Å²) in [7, 11) is 1.65. The first kappa shape index (κ1) is 16.9. The van der Waals surface area contributed by atoms with Crippen molar-refractivity contribution in [2.75, 3.05) is 37.5 Å². The average molecular weight is 374 g/mol. The van der Waals surface area contributed by atoms with Gasteiger partial charge in [-0.25, -0.2) is 0 Å². The Kier molecular flexibility index (Phi) is 4.81. The van der Waals surface area contributed by atoms with Gasteiger partial charge in [0, 0.05) is 30.8 Å². The van der Waals surface area contributed by atoms with Gasteiger partial charge in [0.15, 0.2) is 11.6 Å². The lowest BCUT2D eigenvalue weighted by atomic mass is 10.1. The zero-order valence-electron chi connectivity index (χ0n) is 14.4. The molecule has 0 radical (unpaired) electrons. The summed E-state index contributed by atoms with van der Waals surface area (Å²) in [4.78, 5) is 11.8. The Bertz CT molecular complexity index is 914. The molecule has 0 fully saturated rings. The maximum atomic E-state index is 6.07. The number of para-hydroxylation sites is 1. The van der Waals surface area contributed by atoms with Crippen molar-refractivity contribution in [1.29, 1.82) is 0 Å². The first-order valence-corrected chi connectivity index (χ1v) is 8.87. The number of rotatable bonds is 6. The Morgan fingerprint density at radius 2 is 2.23 bits per heavy atom. The van der Waals surface area contributed by atoms with Gasteiger partial charge in [-0.1, -0.05) is 18.2 Å². The molecule has 1 atom stereocenters. The molecule has 0 spiro atoms. The van der Waals surface area contributed by atoms with Crippen LogP contribution in [0.5, 0.6) is 5.75 Å². The molecular weight excluding hydrogens is 354 g/mol. The van der Waals surface area contributed by atoms with Gasteiger partial charge in [0.05, 0.1) is 12.6 Å². The van der Waals surface area contributed by atoms with Crippen molar-refractivity contribution in [3.63, 3.8) is 0 Å². The summed E-state index contributed by atoms with van der Waals surface area (Å²) in [5.41, 5.74) is 2.39. The van der Waals surface area contributed by atoms with Crippen LogP contribution in [0.2, 0.25) is 5.28 Å². The molecule has 1 aliphatic rings. The van der Waals surface area contributed by atoms with Gasteiger partial charge in [0.2, 0.25) is 11.0 Å². The van der Waals surface area contributed by atoms with Crippen molar-refractivity contribution in [3.05, 3.63) is 41.3 Å². The van der Waals surface area contributed by atoms with E-state index in [0.717, 1.165) is 11.9 Å². The van der Waals surface area contributed by atoms with Crippen LogP contribution in [-0.2, 0) is 11.2 Å². The topological polar surface area (TPSA) is 84.1 Å². The zero-order chi connectivity index (χ0) is 17.9. The number of nitrogens with zero attached hydrogens (tertiary/aromatic N) is 2. The summed E-state index contributed by atoms with van der Waals surface area (Å²) in [6, 6.07) is 8.30. The van der Waals surface area contributed by atoms with Crippen LogP contribution in [0.1, 0.15) is 5.56 Å². The Hall–Kier alpha value is -2.51. The minimum atomic E-state index is 0.0394. The molecule has 3 N–H and O–H groups in total. The highest BCUT2D eigenvalue weighted by Gasteiger charge is 2.24. The first-order valence-electron chi connectivity index (χ1n) is 8.49. The molecule has 1 unspecified atom stereocenters. The monoisotopic (exact) mass is 373 g/mol. The first-order chi connectivity index (χ1) is 12.7. The van der Waals surface area contributed by atoms with Crippen LogP contribution >= 0.6 is 11.6 Å². The number of ether oxygens (including phenoxy) is 2. The van der Waals surface area contributed by atoms with E-state index in [0.29, 0.717) is 37.1 Å². The molecular formula is C18H20ClN5O2. The van der Waals surface area contributed by atoms with Crippen molar-refractivity contribution in [2.24, 2.45) is 0 Å². The molecule has 26 heavy (non-hydrogen) atoms. The van der Waals surface area contributed by atoms with E-state index in [2.05, 4.69) is 37.7 Å². The van der Waals surface area contributed by atoms with Crippen molar-refractivity contribution in [1.82, 2.24) is 15.0 Å². The fourth-order valence-electron chi connectivity index (χ4n) is 3.14. The fraction of sp³-hybridized carbons (Fsp3) is 0.333. The largest absolute Gasteiger partial charge is 0.484 e. The molecule has 136 valence electrons. The summed E-state index contributed by atoms with van der Waals surface area (Å²) >= 11 is 6.07. The van der Waals surface area contributed by atoms with Crippen LogP contribution in [0.15, 0.2) is 30.5 Å². The van der Waals surface area contributed by atoms with Crippen LogP contribution < -0.4 is 15.4 Å². The molecule has 8 heteroatoms.